The number of fused-ring (bicyclic) bond motifs is 3. The number of nitrogens with one attached hydrogen (secondary N) is 1. The highest BCUT2D eigenvalue weighted by Gasteiger charge is 2.43. The van der Waals surface area contributed by atoms with Gasteiger partial charge in [0.05, 0.1) is 17.6 Å². The van der Waals surface area contributed by atoms with E-state index in [4.69, 9.17) is 4.74 Å². The van der Waals surface area contributed by atoms with Crippen molar-refractivity contribution in [2.75, 3.05) is 23.3 Å². The number of rotatable bonds is 5. The van der Waals surface area contributed by atoms with Gasteiger partial charge in [0.2, 0.25) is 11.8 Å². The van der Waals surface area contributed by atoms with E-state index in [1.54, 1.807) is 4.68 Å². The Balaban J connectivity index is 1.17. The van der Waals surface area contributed by atoms with Gasteiger partial charge in [-0.25, -0.2) is 13.5 Å². The monoisotopic (exact) mass is 485 g/mol. The van der Waals surface area contributed by atoms with Crippen molar-refractivity contribution in [1.82, 2.24) is 25.0 Å². The van der Waals surface area contributed by atoms with E-state index in [-0.39, 0.29) is 11.8 Å². The van der Waals surface area contributed by atoms with Crippen LogP contribution in [0.4, 0.5) is 24.8 Å². The van der Waals surface area contributed by atoms with Gasteiger partial charge in [-0.15, -0.1) is 5.10 Å². The summed E-state index contributed by atoms with van der Waals surface area (Å²) in [6, 6.07) is 4.30. The molecule has 2 bridgehead atoms. The van der Waals surface area contributed by atoms with E-state index < -0.39 is 23.6 Å². The van der Waals surface area contributed by atoms with Gasteiger partial charge in [-0.2, -0.15) is 19.6 Å². The molecule has 1 aromatic carbocycles. The lowest BCUT2D eigenvalue weighted by atomic mass is 9.92. The molecular formula is C24H26F3N7O. The summed E-state index contributed by atoms with van der Waals surface area (Å²) >= 11 is 0. The Morgan fingerprint density at radius 1 is 1.06 bits per heavy atom. The van der Waals surface area contributed by atoms with E-state index in [1.807, 2.05) is 13.1 Å². The molecule has 1 N–H and O–H groups in total. The van der Waals surface area contributed by atoms with Crippen molar-refractivity contribution in [3.05, 3.63) is 53.4 Å². The SMILES string of the molecule is Cc1cc(N2C[C@H]3CC[C@@H](C2)[C@@H]3Nc2nc3n(n2)CCC[C@@H]3Oc2ccc(F)c(F)c2F)cnn1. The van der Waals surface area contributed by atoms with Crippen LogP contribution in [0, 0.1) is 36.2 Å². The van der Waals surface area contributed by atoms with Crippen LogP contribution in [-0.2, 0) is 6.54 Å². The van der Waals surface area contributed by atoms with Gasteiger partial charge in [0.1, 0.15) is 0 Å². The Morgan fingerprint density at radius 2 is 1.86 bits per heavy atom. The van der Waals surface area contributed by atoms with Crippen molar-refractivity contribution in [1.29, 1.82) is 0 Å². The zero-order valence-corrected chi connectivity index (χ0v) is 19.3. The Labute approximate surface area is 200 Å². The highest BCUT2D eigenvalue weighted by Crippen LogP contribution is 2.40. The lowest BCUT2D eigenvalue weighted by molar-refractivity contribution is 0.147. The van der Waals surface area contributed by atoms with E-state index in [1.165, 1.54) is 0 Å². The molecule has 4 atom stereocenters. The van der Waals surface area contributed by atoms with Gasteiger partial charge in [0.25, 0.3) is 0 Å². The Hall–Kier alpha value is -3.37. The summed E-state index contributed by atoms with van der Waals surface area (Å²) in [6.07, 6.45) is 4.83. The second-order valence-electron chi connectivity index (χ2n) is 9.67. The number of ether oxygens (including phenoxy) is 1. The lowest BCUT2D eigenvalue weighted by Gasteiger charge is -2.39. The first-order valence-corrected chi connectivity index (χ1v) is 12.0. The summed E-state index contributed by atoms with van der Waals surface area (Å²) in [6.45, 7) is 4.47. The van der Waals surface area contributed by atoms with Crippen molar-refractivity contribution in [3.8, 4) is 5.75 Å². The third-order valence-corrected chi connectivity index (χ3v) is 7.35. The summed E-state index contributed by atoms with van der Waals surface area (Å²) in [7, 11) is 0. The summed E-state index contributed by atoms with van der Waals surface area (Å²) in [4.78, 5) is 7.05. The fourth-order valence-corrected chi connectivity index (χ4v) is 5.69. The molecule has 2 aromatic heterocycles. The van der Waals surface area contributed by atoms with Crippen LogP contribution < -0.4 is 15.0 Å². The van der Waals surface area contributed by atoms with E-state index in [2.05, 4.69) is 36.6 Å². The van der Waals surface area contributed by atoms with Crippen molar-refractivity contribution in [2.24, 2.45) is 11.8 Å². The molecule has 3 aromatic rings. The van der Waals surface area contributed by atoms with Crippen LogP contribution in [0.1, 0.15) is 43.3 Å². The minimum absolute atomic E-state index is 0.259. The second kappa shape index (κ2) is 8.69. The van der Waals surface area contributed by atoms with Crippen molar-refractivity contribution >= 4 is 11.6 Å². The molecule has 6 rings (SSSR count). The first kappa shape index (κ1) is 22.1. The van der Waals surface area contributed by atoms with Crippen molar-refractivity contribution in [2.45, 2.75) is 51.3 Å². The molecule has 4 heterocycles. The lowest BCUT2D eigenvalue weighted by Crippen LogP contribution is -2.48. The van der Waals surface area contributed by atoms with Gasteiger partial charge in [-0.1, -0.05) is 0 Å². The van der Waals surface area contributed by atoms with Gasteiger partial charge in [0.15, 0.2) is 29.3 Å². The summed E-state index contributed by atoms with van der Waals surface area (Å²) in [5.74, 6) is -2.46. The van der Waals surface area contributed by atoms with E-state index in [0.717, 1.165) is 55.9 Å². The average molecular weight is 486 g/mol. The fourth-order valence-electron chi connectivity index (χ4n) is 5.69. The van der Waals surface area contributed by atoms with E-state index >= 15 is 0 Å². The number of anilines is 2. The first-order valence-electron chi connectivity index (χ1n) is 12.0. The van der Waals surface area contributed by atoms with Crippen LogP contribution in [0.15, 0.2) is 24.4 Å². The Kier molecular flexibility index (Phi) is 5.49. The molecule has 184 valence electrons. The topological polar surface area (TPSA) is 81.0 Å². The molecule has 0 radical (unpaired) electrons. The zero-order valence-electron chi connectivity index (χ0n) is 19.3. The Bertz CT molecular complexity index is 1240. The number of nitrogens with zero attached hydrogens (tertiary/aromatic N) is 6. The number of benzene rings is 1. The summed E-state index contributed by atoms with van der Waals surface area (Å²) in [5.41, 5.74) is 2.01. The number of aryl methyl sites for hydroxylation is 2. The molecular weight excluding hydrogens is 459 g/mol. The fraction of sp³-hybridized carbons (Fsp3) is 0.500. The highest BCUT2D eigenvalue weighted by atomic mass is 19.2. The van der Waals surface area contributed by atoms with Gasteiger partial charge >= 0.3 is 0 Å². The normalized spacial score (nSPS) is 25.4. The maximum atomic E-state index is 14.2. The summed E-state index contributed by atoms with van der Waals surface area (Å²) < 4.78 is 48.6. The third kappa shape index (κ3) is 4.06. The maximum absolute atomic E-state index is 14.2. The van der Waals surface area contributed by atoms with E-state index in [9.17, 15) is 13.2 Å². The molecule has 0 spiro atoms. The maximum Gasteiger partial charge on any atom is 0.242 e. The van der Waals surface area contributed by atoms with Crippen LogP contribution in [0.3, 0.4) is 0 Å². The molecule has 1 saturated heterocycles. The standard InChI is InChI=1S/C24H26F3N7O/c1-13-9-16(10-28-31-13)33-11-14-4-5-15(12-33)22(14)29-24-30-23-19(3-2-8-34(23)32-24)35-18-7-6-17(25)20(26)21(18)27/h6-7,9-10,14-15,19,22H,2-5,8,11-12H2,1H3,(H,29,32)/t14-,15+,19-,22-/m0/s1. The quantitative estimate of drug-likeness (QED) is 0.547. The molecule has 0 unspecified atom stereocenters. The number of piperidine rings is 1. The second-order valence-corrected chi connectivity index (χ2v) is 9.67. The molecule has 2 fully saturated rings. The van der Waals surface area contributed by atoms with Gasteiger partial charge in [-0.05, 0) is 62.6 Å². The molecule has 2 aliphatic heterocycles. The zero-order chi connectivity index (χ0) is 24.1. The first-order chi connectivity index (χ1) is 17.0. The molecule has 11 heteroatoms. The minimum Gasteiger partial charge on any atom is -0.479 e. The van der Waals surface area contributed by atoms with Crippen LogP contribution in [0.5, 0.6) is 5.75 Å². The van der Waals surface area contributed by atoms with E-state index in [0.29, 0.717) is 36.6 Å². The number of hydrogen-bond donors (Lipinski definition) is 1. The largest absolute Gasteiger partial charge is 0.479 e. The number of aromatic nitrogens is 5. The Morgan fingerprint density at radius 3 is 2.63 bits per heavy atom. The molecule has 1 aliphatic carbocycles. The molecule has 35 heavy (non-hydrogen) atoms. The molecule has 3 aliphatic rings. The number of hydrogen-bond acceptors (Lipinski definition) is 7. The molecule has 1 saturated carbocycles. The smallest absolute Gasteiger partial charge is 0.242 e. The van der Waals surface area contributed by atoms with Crippen molar-refractivity contribution < 1.29 is 17.9 Å². The van der Waals surface area contributed by atoms with Crippen molar-refractivity contribution in [3.63, 3.8) is 0 Å². The van der Waals surface area contributed by atoms with Gasteiger partial charge in [-0.3, -0.25) is 0 Å². The molecule has 0 amide bonds. The van der Waals surface area contributed by atoms with Gasteiger partial charge in [0, 0.05) is 25.7 Å². The van der Waals surface area contributed by atoms with Gasteiger partial charge < -0.3 is 15.0 Å². The third-order valence-electron chi connectivity index (χ3n) is 7.35. The molecule has 8 nitrogen and oxygen atoms in total. The van der Waals surface area contributed by atoms with Crippen LogP contribution >= 0.6 is 0 Å². The highest BCUT2D eigenvalue weighted by molar-refractivity contribution is 5.46. The van der Waals surface area contributed by atoms with Crippen LogP contribution in [-0.4, -0.2) is 44.1 Å². The van der Waals surface area contributed by atoms with Crippen LogP contribution in [0.25, 0.3) is 0 Å². The summed E-state index contributed by atoms with van der Waals surface area (Å²) in [5, 5.41) is 16.4. The average Bonchev–Trinajstić information content (AvgIpc) is 3.36. The van der Waals surface area contributed by atoms with Crippen LogP contribution in [0.2, 0.25) is 0 Å². The predicted molar refractivity (Wildman–Crippen MR) is 122 cm³/mol. The minimum atomic E-state index is -1.54. The predicted octanol–water partition coefficient (Wildman–Crippen LogP) is 4.03. The number of halogens is 3.